The minimum absolute atomic E-state index is 0.0546. The predicted molar refractivity (Wildman–Crippen MR) is 58.3 cm³/mol. The third-order valence-corrected chi connectivity index (χ3v) is 4.07. The fourth-order valence-corrected chi connectivity index (χ4v) is 3.35. The van der Waals surface area contributed by atoms with E-state index in [2.05, 4.69) is 0 Å². The summed E-state index contributed by atoms with van der Waals surface area (Å²) in [5.41, 5.74) is 0. The number of carbonyl (C=O) groups is 2. The Morgan fingerprint density at radius 2 is 2.12 bits per heavy atom. The van der Waals surface area contributed by atoms with Crippen LogP contribution in [0.15, 0.2) is 0 Å². The van der Waals surface area contributed by atoms with Gasteiger partial charge in [0.2, 0.25) is 5.91 Å². The standard InChI is InChI=1S/C11H17N3O3/c1-2-3-12-5-7-4-8-6-13(9(7)10(12)15)11(16)14(8)17/h7-9,17H,2-6H2,1H3/t7-,8+,9-/m0/s1. The van der Waals surface area contributed by atoms with E-state index >= 15 is 0 Å². The van der Waals surface area contributed by atoms with Crippen molar-refractivity contribution in [1.82, 2.24) is 14.9 Å². The van der Waals surface area contributed by atoms with Crippen molar-refractivity contribution in [2.45, 2.75) is 31.8 Å². The molecule has 3 aliphatic heterocycles. The largest absolute Gasteiger partial charge is 0.344 e. The third-order valence-electron chi connectivity index (χ3n) is 4.07. The van der Waals surface area contributed by atoms with Crippen molar-refractivity contribution in [3.63, 3.8) is 0 Å². The van der Waals surface area contributed by atoms with E-state index in [-0.39, 0.29) is 23.9 Å². The van der Waals surface area contributed by atoms with E-state index in [1.807, 2.05) is 11.8 Å². The molecule has 3 amide bonds. The smallest absolute Gasteiger partial charge is 0.341 e. The Morgan fingerprint density at radius 1 is 1.35 bits per heavy atom. The number of hydrogen-bond donors (Lipinski definition) is 1. The molecule has 17 heavy (non-hydrogen) atoms. The summed E-state index contributed by atoms with van der Waals surface area (Å²) in [6.45, 7) is 4.03. The van der Waals surface area contributed by atoms with Crippen LogP contribution >= 0.6 is 0 Å². The molecule has 3 atom stereocenters. The van der Waals surface area contributed by atoms with Gasteiger partial charge in [-0.2, -0.15) is 0 Å². The van der Waals surface area contributed by atoms with Crippen molar-refractivity contribution < 1.29 is 14.8 Å². The van der Waals surface area contributed by atoms with E-state index in [1.165, 1.54) is 4.90 Å². The van der Waals surface area contributed by atoms with Crippen LogP contribution in [0.5, 0.6) is 0 Å². The van der Waals surface area contributed by atoms with Gasteiger partial charge in [-0.15, -0.1) is 0 Å². The summed E-state index contributed by atoms with van der Waals surface area (Å²) in [5, 5.41) is 10.4. The van der Waals surface area contributed by atoms with E-state index in [4.69, 9.17) is 0 Å². The van der Waals surface area contributed by atoms with Crippen molar-refractivity contribution in [3.8, 4) is 0 Å². The highest BCUT2D eigenvalue weighted by atomic mass is 16.5. The van der Waals surface area contributed by atoms with Gasteiger partial charge in [-0.05, 0) is 12.8 Å². The molecular weight excluding hydrogens is 222 g/mol. The molecule has 3 fully saturated rings. The Hall–Kier alpha value is -1.30. The van der Waals surface area contributed by atoms with E-state index in [0.717, 1.165) is 31.0 Å². The van der Waals surface area contributed by atoms with E-state index < -0.39 is 6.03 Å². The topological polar surface area (TPSA) is 64.1 Å². The van der Waals surface area contributed by atoms with Crippen molar-refractivity contribution >= 4 is 11.9 Å². The number of nitrogens with zero attached hydrogens (tertiary/aromatic N) is 3. The third kappa shape index (κ3) is 1.36. The van der Waals surface area contributed by atoms with Gasteiger partial charge in [0, 0.05) is 25.6 Å². The number of amides is 3. The summed E-state index contributed by atoms with van der Waals surface area (Å²) in [7, 11) is 0. The maximum atomic E-state index is 12.2. The zero-order chi connectivity index (χ0) is 12.2. The number of rotatable bonds is 2. The minimum atomic E-state index is -0.408. The molecule has 0 unspecified atom stereocenters. The average molecular weight is 239 g/mol. The highest BCUT2D eigenvalue weighted by Crippen LogP contribution is 2.37. The molecule has 0 aromatic carbocycles. The summed E-state index contributed by atoms with van der Waals surface area (Å²) in [6, 6.07) is -0.866. The summed E-state index contributed by atoms with van der Waals surface area (Å²) < 4.78 is 0. The second-order valence-electron chi connectivity index (χ2n) is 5.16. The highest BCUT2D eigenvalue weighted by molar-refractivity contribution is 5.90. The van der Waals surface area contributed by atoms with Gasteiger partial charge in [-0.1, -0.05) is 6.92 Å². The van der Waals surface area contributed by atoms with Gasteiger partial charge >= 0.3 is 6.03 Å². The molecule has 0 saturated carbocycles. The quantitative estimate of drug-likeness (QED) is 0.696. The lowest BCUT2D eigenvalue weighted by atomic mass is 9.91. The Labute approximate surface area is 99.7 Å². The summed E-state index contributed by atoms with van der Waals surface area (Å²) in [5.74, 6) is 0.243. The molecule has 3 aliphatic rings. The van der Waals surface area contributed by atoms with Crippen LogP contribution in [0.1, 0.15) is 19.8 Å². The van der Waals surface area contributed by atoms with Crippen molar-refractivity contribution in [2.75, 3.05) is 19.6 Å². The highest BCUT2D eigenvalue weighted by Gasteiger charge is 2.55. The molecule has 0 aromatic rings. The van der Waals surface area contributed by atoms with E-state index in [1.54, 1.807) is 0 Å². The maximum Gasteiger partial charge on any atom is 0.344 e. The normalized spacial score (nSPS) is 35.9. The molecule has 2 bridgehead atoms. The predicted octanol–water partition coefficient (Wildman–Crippen LogP) is 0.123. The first-order chi connectivity index (χ1) is 8.13. The minimum Gasteiger partial charge on any atom is -0.341 e. The molecule has 6 nitrogen and oxygen atoms in total. The van der Waals surface area contributed by atoms with Gasteiger partial charge in [0.15, 0.2) is 0 Å². The van der Waals surface area contributed by atoms with E-state index in [0.29, 0.717) is 6.54 Å². The van der Waals surface area contributed by atoms with Crippen LogP contribution in [0.4, 0.5) is 4.79 Å². The van der Waals surface area contributed by atoms with Crippen LogP contribution < -0.4 is 0 Å². The van der Waals surface area contributed by atoms with Gasteiger partial charge in [-0.25, -0.2) is 9.86 Å². The number of fused-ring (bicyclic) bond motifs is 4. The molecule has 0 aliphatic carbocycles. The van der Waals surface area contributed by atoms with Gasteiger partial charge in [0.25, 0.3) is 0 Å². The van der Waals surface area contributed by atoms with Gasteiger partial charge in [0.1, 0.15) is 6.04 Å². The summed E-state index contributed by atoms with van der Waals surface area (Å²) in [4.78, 5) is 27.4. The Kier molecular flexibility index (Phi) is 2.29. The molecule has 3 saturated heterocycles. The number of hydroxylamine groups is 2. The van der Waals surface area contributed by atoms with E-state index in [9.17, 15) is 14.8 Å². The number of carbonyl (C=O) groups excluding carboxylic acids is 2. The molecule has 0 spiro atoms. The zero-order valence-corrected chi connectivity index (χ0v) is 9.87. The molecule has 3 heterocycles. The second-order valence-corrected chi connectivity index (χ2v) is 5.16. The van der Waals surface area contributed by atoms with Crippen molar-refractivity contribution in [2.24, 2.45) is 5.92 Å². The second kappa shape index (κ2) is 3.60. The van der Waals surface area contributed by atoms with Crippen LogP contribution in [0, 0.1) is 5.92 Å². The van der Waals surface area contributed by atoms with Crippen LogP contribution in [0.25, 0.3) is 0 Å². The van der Waals surface area contributed by atoms with Crippen molar-refractivity contribution in [3.05, 3.63) is 0 Å². The summed E-state index contributed by atoms with van der Waals surface area (Å²) >= 11 is 0. The SMILES string of the molecule is CCCN1C[C@@H]2C[C@@H]3CN(C(=O)N3O)[C@@H]2C1=O. The molecular formula is C11H17N3O3. The lowest BCUT2D eigenvalue weighted by Gasteiger charge is -2.30. The number of urea groups is 1. The molecule has 1 N–H and O–H groups in total. The van der Waals surface area contributed by atoms with Crippen LogP contribution in [-0.2, 0) is 4.79 Å². The lowest BCUT2D eigenvalue weighted by Crippen LogP contribution is -2.48. The van der Waals surface area contributed by atoms with Crippen LogP contribution in [-0.4, -0.2) is 63.7 Å². The first-order valence-electron chi connectivity index (χ1n) is 6.21. The zero-order valence-electron chi connectivity index (χ0n) is 9.87. The van der Waals surface area contributed by atoms with Gasteiger partial charge in [-0.3, -0.25) is 10.0 Å². The monoisotopic (exact) mass is 239 g/mol. The Balaban J connectivity index is 1.85. The number of likely N-dealkylation sites (tertiary alicyclic amines) is 1. The van der Waals surface area contributed by atoms with Crippen LogP contribution in [0.3, 0.4) is 0 Å². The van der Waals surface area contributed by atoms with Crippen LogP contribution in [0.2, 0.25) is 0 Å². The average Bonchev–Trinajstić information content (AvgIpc) is 2.73. The number of piperidine rings is 1. The molecule has 0 radical (unpaired) electrons. The lowest BCUT2D eigenvalue weighted by molar-refractivity contribution is -0.131. The molecule has 0 aromatic heterocycles. The number of hydrogen-bond acceptors (Lipinski definition) is 3. The fourth-order valence-electron chi connectivity index (χ4n) is 3.35. The molecule has 94 valence electrons. The first kappa shape index (κ1) is 10.8. The van der Waals surface area contributed by atoms with Gasteiger partial charge < -0.3 is 9.80 Å². The summed E-state index contributed by atoms with van der Waals surface area (Å²) in [6.07, 6.45) is 1.67. The fraction of sp³-hybridized carbons (Fsp3) is 0.818. The van der Waals surface area contributed by atoms with Crippen molar-refractivity contribution in [1.29, 1.82) is 0 Å². The van der Waals surface area contributed by atoms with Gasteiger partial charge in [0.05, 0.1) is 6.04 Å². The molecule has 3 rings (SSSR count). The maximum absolute atomic E-state index is 12.2. The Morgan fingerprint density at radius 3 is 2.82 bits per heavy atom. The Bertz CT molecular complexity index is 373. The molecule has 6 heteroatoms. The first-order valence-corrected chi connectivity index (χ1v) is 6.21.